The summed E-state index contributed by atoms with van der Waals surface area (Å²) in [6.07, 6.45) is 3.51. The first-order chi connectivity index (χ1) is 11.3. The summed E-state index contributed by atoms with van der Waals surface area (Å²) in [4.78, 5) is 14.8. The molecular weight excluding hydrogens is 312 g/mol. The minimum atomic E-state index is 0.0244. The van der Waals surface area contributed by atoms with Crippen LogP contribution in [0, 0.1) is 5.92 Å². The van der Waals surface area contributed by atoms with Gasteiger partial charge in [0.25, 0.3) is 0 Å². The number of anilines is 1. The van der Waals surface area contributed by atoms with E-state index in [1.807, 2.05) is 18.2 Å². The molecule has 2 fully saturated rings. The van der Waals surface area contributed by atoms with Gasteiger partial charge in [0.1, 0.15) is 11.0 Å². The fourth-order valence-electron chi connectivity index (χ4n) is 3.12. The van der Waals surface area contributed by atoms with Crippen molar-refractivity contribution in [2.45, 2.75) is 25.3 Å². The van der Waals surface area contributed by atoms with Gasteiger partial charge in [-0.1, -0.05) is 6.07 Å². The largest absolute Gasteiger partial charge is 0.381 e. The number of nitrogens with zero attached hydrogens (tertiary/aromatic N) is 3. The molecule has 0 bridgehead atoms. The van der Waals surface area contributed by atoms with Gasteiger partial charge in [-0.15, -0.1) is 0 Å². The van der Waals surface area contributed by atoms with Crippen LogP contribution in [0.15, 0.2) is 18.2 Å². The summed E-state index contributed by atoms with van der Waals surface area (Å²) in [5.74, 6) is 0.589. The zero-order chi connectivity index (χ0) is 15.6. The summed E-state index contributed by atoms with van der Waals surface area (Å²) in [6, 6.07) is 6.26. The van der Waals surface area contributed by atoms with Crippen LogP contribution in [-0.2, 0) is 9.53 Å². The number of carbonyl (C=O) groups is 1. The fraction of sp³-hybridized carbons (Fsp3) is 0.562. The lowest BCUT2D eigenvalue weighted by Crippen LogP contribution is -2.38. The van der Waals surface area contributed by atoms with E-state index in [-0.39, 0.29) is 5.91 Å². The Morgan fingerprint density at radius 1 is 1.35 bits per heavy atom. The first kappa shape index (κ1) is 15.0. The van der Waals surface area contributed by atoms with E-state index in [4.69, 9.17) is 4.74 Å². The number of carbonyl (C=O) groups excluding carboxylic acids is 1. The van der Waals surface area contributed by atoms with Crippen molar-refractivity contribution in [3.63, 3.8) is 0 Å². The molecule has 23 heavy (non-hydrogen) atoms. The molecular formula is C16H20N4O2S. The normalized spacial score (nSPS) is 21.2. The highest BCUT2D eigenvalue weighted by molar-refractivity contribution is 7.00. The van der Waals surface area contributed by atoms with E-state index in [1.165, 1.54) is 24.6 Å². The summed E-state index contributed by atoms with van der Waals surface area (Å²) in [7, 11) is 0. The lowest BCUT2D eigenvalue weighted by molar-refractivity contribution is -0.117. The molecule has 1 aliphatic heterocycles. The van der Waals surface area contributed by atoms with Crippen molar-refractivity contribution in [3.05, 3.63) is 18.2 Å². The van der Waals surface area contributed by atoms with Gasteiger partial charge in [0.15, 0.2) is 0 Å². The number of ether oxygens (including phenoxy) is 1. The molecule has 122 valence electrons. The Hall–Kier alpha value is -1.57. The molecule has 0 radical (unpaired) electrons. The van der Waals surface area contributed by atoms with Gasteiger partial charge in [-0.25, -0.2) is 0 Å². The third-order valence-electron chi connectivity index (χ3n) is 4.49. The van der Waals surface area contributed by atoms with Gasteiger partial charge in [-0.2, -0.15) is 8.75 Å². The van der Waals surface area contributed by atoms with Crippen LogP contribution in [0.3, 0.4) is 0 Å². The number of hydrogen-bond donors (Lipinski definition) is 1. The Morgan fingerprint density at radius 2 is 2.26 bits per heavy atom. The standard InChI is InChI=1S/C16H20N4O2S/c21-15(17-13-2-1-3-14-16(13)19-23-18-14)9-20(12-4-5-12)8-11-6-7-22-10-11/h1-3,11-12H,4-10H2,(H,17,21)/t11-/m1/s1. The smallest absolute Gasteiger partial charge is 0.238 e. The van der Waals surface area contributed by atoms with Crippen LogP contribution in [0.2, 0.25) is 0 Å². The molecule has 1 atom stereocenters. The molecule has 6 nitrogen and oxygen atoms in total. The van der Waals surface area contributed by atoms with Crippen LogP contribution in [-0.4, -0.2) is 51.9 Å². The number of nitrogens with one attached hydrogen (secondary N) is 1. The molecule has 2 aromatic rings. The molecule has 0 spiro atoms. The zero-order valence-corrected chi connectivity index (χ0v) is 13.7. The lowest BCUT2D eigenvalue weighted by Gasteiger charge is -2.24. The number of benzene rings is 1. The van der Waals surface area contributed by atoms with Crippen LogP contribution < -0.4 is 5.32 Å². The number of aromatic nitrogens is 2. The highest BCUT2D eigenvalue weighted by atomic mass is 32.1. The number of amides is 1. The molecule has 1 aliphatic carbocycles. The van der Waals surface area contributed by atoms with Crippen LogP contribution >= 0.6 is 11.7 Å². The third-order valence-corrected chi connectivity index (χ3v) is 5.03. The second kappa shape index (κ2) is 6.51. The summed E-state index contributed by atoms with van der Waals surface area (Å²) < 4.78 is 13.9. The number of rotatable bonds is 6. The molecule has 7 heteroatoms. The van der Waals surface area contributed by atoms with E-state index in [1.54, 1.807) is 0 Å². The third kappa shape index (κ3) is 3.52. The molecule has 1 aromatic heterocycles. The average Bonchev–Trinajstić information content (AvgIpc) is 3.06. The van der Waals surface area contributed by atoms with Gasteiger partial charge >= 0.3 is 0 Å². The Kier molecular flexibility index (Phi) is 4.24. The van der Waals surface area contributed by atoms with Crippen molar-refractivity contribution in [2.75, 3.05) is 31.6 Å². The van der Waals surface area contributed by atoms with Crippen LogP contribution in [0.25, 0.3) is 11.0 Å². The molecule has 1 N–H and O–H groups in total. The monoisotopic (exact) mass is 332 g/mol. The van der Waals surface area contributed by atoms with E-state index < -0.39 is 0 Å². The van der Waals surface area contributed by atoms with Gasteiger partial charge in [0, 0.05) is 19.2 Å². The lowest BCUT2D eigenvalue weighted by atomic mass is 10.1. The van der Waals surface area contributed by atoms with Gasteiger partial charge in [0.05, 0.1) is 30.6 Å². The Bertz CT molecular complexity index is 694. The van der Waals surface area contributed by atoms with Gasteiger partial charge < -0.3 is 10.1 Å². The minimum absolute atomic E-state index is 0.0244. The molecule has 1 saturated heterocycles. The first-order valence-corrected chi connectivity index (χ1v) is 8.85. The molecule has 4 rings (SSSR count). The average molecular weight is 332 g/mol. The van der Waals surface area contributed by atoms with E-state index >= 15 is 0 Å². The van der Waals surface area contributed by atoms with Crippen LogP contribution in [0.4, 0.5) is 5.69 Å². The van der Waals surface area contributed by atoms with Crippen molar-refractivity contribution >= 4 is 34.4 Å². The predicted molar refractivity (Wildman–Crippen MR) is 89.6 cm³/mol. The topological polar surface area (TPSA) is 67.3 Å². The van der Waals surface area contributed by atoms with Crippen LogP contribution in [0.5, 0.6) is 0 Å². The van der Waals surface area contributed by atoms with Crippen molar-refractivity contribution in [2.24, 2.45) is 5.92 Å². The number of fused-ring (bicyclic) bond motifs is 1. The summed E-state index contributed by atoms with van der Waals surface area (Å²) in [6.45, 7) is 3.08. The first-order valence-electron chi connectivity index (χ1n) is 8.12. The van der Waals surface area contributed by atoms with Crippen molar-refractivity contribution < 1.29 is 9.53 Å². The van der Waals surface area contributed by atoms with Gasteiger partial charge in [0.2, 0.25) is 5.91 Å². The Balaban J connectivity index is 1.40. The van der Waals surface area contributed by atoms with Crippen molar-refractivity contribution in [1.82, 2.24) is 13.6 Å². The predicted octanol–water partition coefficient (Wildman–Crippen LogP) is 2.13. The molecule has 2 aliphatic rings. The van der Waals surface area contributed by atoms with E-state index in [0.717, 1.165) is 42.9 Å². The number of hydrogen-bond acceptors (Lipinski definition) is 6. The minimum Gasteiger partial charge on any atom is -0.381 e. The second-order valence-electron chi connectivity index (χ2n) is 6.38. The fourth-order valence-corrected chi connectivity index (χ4v) is 3.67. The summed E-state index contributed by atoms with van der Waals surface area (Å²) in [5.41, 5.74) is 2.35. The van der Waals surface area contributed by atoms with E-state index in [9.17, 15) is 4.79 Å². The Labute approximate surface area is 139 Å². The summed E-state index contributed by atoms with van der Waals surface area (Å²) in [5, 5.41) is 3.00. The quantitative estimate of drug-likeness (QED) is 0.878. The van der Waals surface area contributed by atoms with Gasteiger partial charge in [-0.05, 0) is 37.3 Å². The maximum atomic E-state index is 12.5. The maximum absolute atomic E-state index is 12.5. The molecule has 0 unspecified atom stereocenters. The SMILES string of the molecule is O=C(CN(C[C@H]1CCOC1)C1CC1)Nc1cccc2nsnc12. The van der Waals surface area contributed by atoms with Crippen LogP contribution in [0.1, 0.15) is 19.3 Å². The van der Waals surface area contributed by atoms with E-state index in [0.29, 0.717) is 18.5 Å². The van der Waals surface area contributed by atoms with Crippen molar-refractivity contribution in [1.29, 1.82) is 0 Å². The Morgan fingerprint density at radius 3 is 3.04 bits per heavy atom. The second-order valence-corrected chi connectivity index (χ2v) is 6.90. The summed E-state index contributed by atoms with van der Waals surface area (Å²) >= 11 is 1.17. The highest BCUT2D eigenvalue weighted by Gasteiger charge is 2.32. The molecule has 1 aromatic carbocycles. The van der Waals surface area contributed by atoms with Gasteiger partial charge in [-0.3, -0.25) is 9.69 Å². The van der Waals surface area contributed by atoms with E-state index in [2.05, 4.69) is 19.0 Å². The molecule has 1 amide bonds. The van der Waals surface area contributed by atoms with Crippen molar-refractivity contribution in [3.8, 4) is 0 Å². The maximum Gasteiger partial charge on any atom is 0.238 e. The molecule has 1 saturated carbocycles. The molecule has 2 heterocycles. The zero-order valence-electron chi connectivity index (χ0n) is 12.9. The highest BCUT2D eigenvalue weighted by Crippen LogP contribution is 2.29.